The van der Waals surface area contributed by atoms with Crippen LogP contribution in [0.5, 0.6) is 0 Å². The maximum absolute atomic E-state index is 4.93. The van der Waals surface area contributed by atoms with E-state index < -0.39 is 20.8 Å². The zero-order valence-electron chi connectivity index (χ0n) is 11.2. The molecule has 0 spiro atoms. The van der Waals surface area contributed by atoms with Crippen LogP contribution in [0.4, 0.5) is 0 Å². The molecule has 0 amide bonds. The van der Waals surface area contributed by atoms with E-state index in [2.05, 4.69) is 57.2 Å². The van der Waals surface area contributed by atoms with Crippen molar-refractivity contribution in [3.05, 3.63) is 59.7 Å². The Labute approximate surface area is 130 Å². The molecule has 2 rings (SSSR count). The van der Waals surface area contributed by atoms with Gasteiger partial charge in [0.1, 0.15) is 0 Å². The van der Waals surface area contributed by atoms with Crippen molar-refractivity contribution in [2.45, 2.75) is 27.2 Å². The van der Waals surface area contributed by atoms with Gasteiger partial charge in [-0.15, -0.1) is 0 Å². The number of halogens is 2. The van der Waals surface area contributed by atoms with E-state index in [1.54, 1.807) is 0 Å². The number of hydrogen-bond acceptors (Lipinski definition) is 0. The zero-order chi connectivity index (χ0) is 13.8. The van der Waals surface area contributed by atoms with Crippen LogP contribution in [0.2, 0.25) is 0 Å². The van der Waals surface area contributed by atoms with Gasteiger partial charge in [-0.25, -0.2) is 24.3 Å². The van der Waals surface area contributed by atoms with Crippen molar-refractivity contribution in [2.24, 2.45) is 5.92 Å². The first-order valence-corrected chi connectivity index (χ1v) is 12.3. The summed E-state index contributed by atoms with van der Waals surface area (Å²) in [7, 11) is 9.87. The van der Waals surface area contributed by atoms with Gasteiger partial charge in [0.15, 0.2) is 0 Å². The van der Waals surface area contributed by atoms with E-state index in [1.165, 1.54) is 17.5 Å². The molecule has 0 unspecified atom stereocenters. The fraction of sp³-hybridized carbons (Fsp3) is 0.333. The fourth-order valence-corrected chi connectivity index (χ4v) is 1.49. The molecular weight excluding hydrogens is 342 g/mol. The molecule has 0 fully saturated rings. The normalized spacial score (nSPS) is 8.78. The van der Waals surface area contributed by atoms with Gasteiger partial charge in [0.2, 0.25) is 0 Å². The molecule has 0 aromatic heterocycles. The van der Waals surface area contributed by atoms with E-state index in [9.17, 15) is 0 Å². The molecule has 2 aromatic carbocycles. The third kappa shape index (κ3) is 11.3. The van der Waals surface area contributed by atoms with Gasteiger partial charge in [-0.3, -0.25) is 0 Å². The topological polar surface area (TPSA) is 0 Å². The Morgan fingerprint density at radius 3 is 1.61 bits per heavy atom. The van der Waals surface area contributed by atoms with Gasteiger partial charge in [-0.1, -0.05) is 33.1 Å². The van der Waals surface area contributed by atoms with Crippen LogP contribution < -0.4 is 0 Å². The third-order valence-electron chi connectivity index (χ3n) is 2.21. The van der Waals surface area contributed by atoms with Crippen LogP contribution in [0.15, 0.2) is 48.5 Å². The molecule has 0 nitrogen and oxygen atoms in total. The molecule has 0 heterocycles. The summed E-state index contributed by atoms with van der Waals surface area (Å²) in [6.45, 7) is 6.57. The van der Waals surface area contributed by atoms with E-state index in [1.807, 2.05) is 12.1 Å². The van der Waals surface area contributed by atoms with Crippen molar-refractivity contribution in [3.63, 3.8) is 0 Å². The van der Waals surface area contributed by atoms with Gasteiger partial charge in [0.05, 0.1) is 0 Å². The van der Waals surface area contributed by atoms with Crippen LogP contribution in [0.3, 0.4) is 0 Å². The van der Waals surface area contributed by atoms with Gasteiger partial charge in [-0.05, 0) is 0 Å². The predicted octanol–water partition coefficient (Wildman–Crippen LogP) is 5.69. The Bertz CT molecular complexity index is 350. The van der Waals surface area contributed by atoms with Gasteiger partial charge >= 0.3 is 37.9 Å². The Kier molecular flexibility index (Phi) is 12.3. The SMILES string of the molecule is CC(C)C[c-]1cccc1.C[c-]1cccc1.[Cl][Zr+2][Cl]. The molecule has 0 bridgehead atoms. The van der Waals surface area contributed by atoms with Gasteiger partial charge in [-0.2, -0.15) is 35.4 Å². The number of rotatable bonds is 2. The quantitative estimate of drug-likeness (QED) is 0.602. The van der Waals surface area contributed by atoms with Crippen LogP contribution in [0.25, 0.3) is 0 Å². The molecule has 0 aliphatic carbocycles. The first-order valence-electron chi connectivity index (χ1n) is 5.95. The van der Waals surface area contributed by atoms with Crippen molar-refractivity contribution in [2.75, 3.05) is 0 Å². The average molecular weight is 362 g/mol. The van der Waals surface area contributed by atoms with E-state index in [4.69, 9.17) is 17.0 Å². The monoisotopic (exact) mass is 360 g/mol. The molecule has 0 atom stereocenters. The van der Waals surface area contributed by atoms with Crippen molar-refractivity contribution in [3.8, 4) is 0 Å². The molecule has 0 aliphatic rings. The average Bonchev–Trinajstić information content (AvgIpc) is 2.93. The van der Waals surface area contributed by atoms with Gasteiger partial charge in [0, 0.05) is 0 Å². The van der Waals surface area contributed by atoms with Crippen molar-refractivity contribution in [1.29, 1.82) is 0 Å². The van der Waals surface area contributed by atoms with Crippen molar-refractivity contribution in [1.82, 2.24) is 0 Å². The van der Waals surface area contributed by atoms with Gasteiger partial charge < -0.3 is 0 Å². The van der Waals surface area contributed by atoms with Gasteiger partial charge in [0.25, 0.3) is 0 Å². The summed E-state index contributed by atoms with van der Waals surface area (Å²) in [5.74, 6) is 0.785. The molecule has 0 saturated heterocycles. The second kappa shape index (κ2) is 12.2. The third-order valence-corrected chi connectivity index (χ3v) is 2.21. The second-order valence-electron chi connectivity index (χ2n) is 4.42. The standard InChI is InChI=1S/C9H13.C6H7.2ClH.Zr/c1-8(2)7-9-5-3-4-6-9;1-6-4-2-3-5-6;;;/h3-6,8H,7H2,1-2H3;2-5H,1H3;2*1H;/q2*-1;;;+4/p-2. The summed E-state index contributed by atoms with van der Waals surface area (Å²) < 4.78 is 0. The molecule has 0 radical (unpaired) electrons. The van der Waals surface area contributed by atoms with E-state index >= 15 is 0 Å². The summed E-state index contributed by atoms with van der Waals surface area (Å²) >= 11 is -0.826. The molecule has 0 aliphatic heterocycles. The molecule has 18 heavy (non-hydrogen) atoms. The van der Waals surface area contributed by atoms with E-state index in [0.717, 1.165) is 5.92 Å². The molecule has 2 aromatic rings. The maximum atomic E-state index is 4.93. The van der Waals surface area contributed by atoms with Crippen LogP contribution in [-0.4, -0.2) is 0 Å². The molecule has 0 saturated carbocycles. The molecule has 98 valence electrons. The summed E-state index contributed by atoms with van der Waals surface area (Å²) in [6, 6.07) is 16.8. The molecule has 3 heteroatoms. The summed E-state index contributed by atoms with van der Waals surface area (Å²) in [4.78, 5) is 0. The summed E-state index contributed by atoms with van der Waals surface area (Å²) in [5.41, 5.74) is 2.81. The molecule has 0 N–H and O–H groups in total. The Balaban J connectivity index is 0.000000278. The fourth-order valence-electron chi connectivity index (χ4n) is 1.49. The Hall–Kier alpha value is 0.163. The number of hydrogen-bond donors (Lipinski definition) is 0. The van der Waals surface area contributed by atoms with Crippen LogP contribution in [0.1, 0.15) is 25.0 Å². The first-order chi connectivity index (χ1) is 8.60. The van der Waals surface area contributed by atoms with Crippen molar-refractivity contribution < 1.29 is 20.8 Å². The minimum absolute atomic E-state index is 0.785. The van der Waals surface area contributed by atoms with Crippen LogP contribution in [0, 0.1) is 12.8 Å². The predicted molar refractivity (Wildman–Crippen MR) is 79.1 cm³/mol. The zero-order valence-corrected chi connectivity index (χ0v) is 15.1. The summed E-state index contributed by atoms with van der Waals surface area (Å²) in [6.07, 6.45) is 1.22. The second-order valence-corrected chi connectivity index (χ2v) is 8.16. The van der Waals surface area contributed by atoms with E-state index in [-0.39, 0.29) is 0 Å². The Morgan fingerprint density at radius 1 is 0.944 bits per heavy atom. The summed E-state index contributed by atoms with van der Waals surface area (Å²) in [5, 5.41) is 0. The minimum atomic E-state index is -0.826. The van der Waals surface area contributed by atoms with Crippen molar-refractivity contribution >= 4 is 17.0 Å². The van der Waals surface area contributed by atoms with Crippen LogP contribution in [-0.2, 0) is 27.3 Å². The van der Waals surface area contributed by atoms with E-state index in [0.29, 0.717) is 0 Å². The number of aryl methyl sites for hydroxylation is 1. The van der Waals surface area contributed by atoms with Crippen LogP contribution >= 0.6 is 17.0 Å². The first kappa shape index (κ1) is 18.2. The Morgan fingerprint density at radius 2 is 1.33 bits per heavy atom. The molecular formula is C15H20Cl2Zr.